The van der Waals surface area contributed by atoms with E-state index < -0.39 is 0 Å². The summed E-state index contributed by atoms with van der Waals surface area (Å²) >= 11 is 0. The molecule has 7 aromatic carbocycles. The highest BCUT2D eigenvalue weighted by Gasteiger charge is 2.47. The number of nitrogens with zero attached hydrogens (tertiary/aromatic N) is 3. The highest BCUT2D eigenvalue weighted by molar-refractivity contribution is 6.04. The van der Waals surface area contributed by atoms with Gasteiger partial charge in [-0.2, -0.15) is 0 Å². The van der Waals surface area contributed by atoms with E-state index in [4.69, 9.17) is 15.0 Å². The molecule has 3 heteroatoms. The maximum Gasteiger partial charge on any atom is 0.164 e. The van der Waals surface area contributed by atoms with E-state index in [-0.39, 0.29) is 0 Å². The van der Waals surface area contributed by atoms with Gasteiger partial charge in [-0.3, -0.25) is 0 Å². The van der Waals surface area contributed by atoms with Crippen molar-refractivity contribution in [3.63, 3.8) is 0 Å². The highest BCUT2D eigenvalue weighted by Crippen LogP contribution is 2.62. The topological polar surface area (TPSA) is 38.7 Å². The first-order valence-electron chi connectivity index (χ1n) is 20.2. The van der Waals surface area contributed by atoms with Crippen molar-refractivity contribution in [2.24, 2.45) is 11.8 Å². The Balaban J connectivity index is 1.01. The lowest BCUT2D eigenvalue weighted by molar-refractivity contribution is 0.296. The van der Waals surface area contributed by atoms with E-state index in [1.807, 2.05) is 36.4 Å². The van der Waals surface area contributed by atoms with Crippen LogP contribution in [-0.4, -0.2) is 15.0 Å². The van der Waals surface area contributed by atoms with Gasteiger partial charge >= 0.3 is 0 Å². The molecular formula is C53H39N3. The van der Waals surface area contributed by atoms with Gasteiger partial charge in [0.05, 0.1) is 0 Å². The number of fused-ring (bicyclic) bond motifs is 13. The summed E-state index contributed by atoms with van der Waals surface area (Å²) in [5.74, 6) is 5.15. The van der Waals surface area contributed by atoms with Crippen molar-refractivity contribution in [3.8, 4) is 89.8 Å². The Morgan fingerprint density at radius 3 is 1.38 bits per heavy atom. The summed E-state index contributed by atoms with van der Waals surface area (Å²) < 4.78 is 0. The summed E-state index contributed by atoms with van der Waals surface area (Å²) in [7, 11) is 0. The number of hydrogen-bond acceptors (Lipinski definition) is 3. The predicted molar refractivity (Wildman–Crippen MR) is 228 cm³/mol. The Bertz CT molecular complexity index is 2760. The van der Waals surface area contributed by atoms with E-state index in [0.717, 1.165) is 28.5 Å². The number of benzene rings is 7. The Labute approximate surface area is 327 Å². The highest BCUT2D eigenvalue weighted by atomic mass is 15.0. The summed E-state index contributed by atoms with van der Waals surface area (Å²) in [5, 5.41) is 0. The van der Waals surface area contributed by atoms with E-state index in [0.29, 0.717) is 29.3 Å². The van der Waals surface area contributed by atoms with Crippen LogP contribution in [-0.2, 0) is 0 Å². The van der Waals surface area contributed by atoms with Crippen molar-refractivity contribution < 1.29 is 0 Å². The van der Waals surface area contributed by atoms with Crippen LogP contribution in [0.4, 0.5) is 0 Å². The van der Waals surface area contributed by atoms with Gasteiger partial charge in [0.25, 0.3) is 0 Å². The molecule has 266 valence electrons. The van der Waals surface area contributed by atoms with Gasteiger partial charge in [0, 0.05) is 16.7 Å². The van der Waals surface area contributed by atoms with Gasteiger partial charge in [0.2, 0.25) is 0 Å². The van der Waals surface area contributed by atoms with Gasteiger partial charge in [-0.1, -0.05) is 146 Å². The maximum atomic E-state index is 4.99. The fourth-order valence-electron chi connectivity index (χ4n) is 10.8. The SMILES string of the molecule is c1ccc(-c2nc(-c3ccccc3)nc(-c3ccc(-c4ccc5c(c4)-c4cc6c(cc4-c4ccccc4-c4ccccc4-5)C4CC5CC(C4)C6C5)cc3)n2)cc1. The molecule has 0 saturated heterocycles. The zero-order chi connectivity index (χ0) is 36.7. The van der Waals surface area contributed by atoms with Gasteiger partial charge in [0.1, 0.15) is 0 Å². The third kappa shape index (κ3) is 5.07. The summed E-state index contributed by atoms with van der Waals surface area (Å²) in [6.45, 7) is 0. The Hall–Kier alpha value is -6.45. The lowest BCUT2D eigenvalue weighted by atomic mass is 9.67. The van der Waals surface area contributed by atoms with Crippen molar-refractivity contribution in [2.75, 3.05) is 0 Å². The largest absolute Gasteiger partial charge is 0.208 e. The minimum Gasteiger partial charge on any atom is -0.208 e. The van der Waals surface area contributed by atoms with Crippen molar-refractivity contribution in [1.82, 2.24) is 15.0 Å². The molecule has 3 bridgehead atoms. The molecule has 4 aliphatic carbocycles. The lowest BCUT2D eigenvalue weighted by Gasteiger charge is -2.37. The maximum absolute atomic E-state index is 4.99. The van der Waals surface area contributed by atoms with E-state index in [2.05, 4.69) is 127 Å². The Morgan fingerprint density at radius 1 is 0.321 bits per heavy atom. The van der Waals surface area contributed by atoms with Gasteiger partial charge in [0.15, 0.2) is 17.5 Å². The number of hydrogen-bond donors (Lipinski definition) is 0. The van der Waals surface area contributed by atoms with Crippen molar-refractivity contribution in [1.29, 1.82) is 0 Å². The van der Waals surface area contributed by atoms with E-state index >= 15 is 0 Å². The van der Waals surface area contributed by atoms with Crippen LogP contribution in [0.3, 0.4) is 0 Å². The van der Waals surface area contributed by atoms with Crippen LogP contribution >= 0.6 is 0 Å². The number of aromatic nitrogens is 3. The normalized spacial score (nSPS) is 19.5. The summed E-state index contributed by atoms with van der Waals surface area (Å²) in [6.07, 6.45) is 5.54. The monoisotopic (exact) mass is 717 g/mol. The molecule has 1 heterocycles. The van der Waals surface area contributed by atoms with Crippen molar-refractivity contribution in [3.05, 3.63) is 175 Å². The van der Waals surface area contributed by atoms with Gasteiger partial charge in [-0.25, -0.2) is 15.0 Å². The molecule has 0 radical (unpaired) electrons. The summed E-state index contributed by atoms with van der Waals surface area (Å²) in [6, 6.07) is 59.6. The summed E-state index contributed by atoms with van der Waals surface area (Å²) in [5.41, 5.74) is 19.2. The predicted octanol–water partition coefficient (Wildman–Crippen LogP) is 13.5. The second kappa shape index (κ2) is 12.5. The van der Waals surface area contributed by atoms with Gasteiger partial charge in [-0.05, 0) is 134 Å². The zero-order valence-corrected chi connectivity index (χ0v) is 31.1. The van der Waals surface area contributed by atoms with Crippen LogP contribution in [0, 0.1) is 11.8 Å². The van der Waals surface area contributed by atoms with Crippen LogP contribution in [0.1, 0.15) is 48.6 Å². The summed E-state index contributed by atoms with van der Waals surface area (Å²) in [4.78, 5) is 14.9. The zero-order valence-electron chi connectivity index (χ0n) is 31.1. The van der Waals surface area contributed by atoms with E-state index in [1.54, 1.807) is 11.1 Å². The van der Waals surface area contributed by atoms with E-state index in [9.17, 15) is 0 Å². The van der Waals surface area contributed by atoms with Gasteiger partial charge in [-0.15, -0.1) is 0 Å². The molecule has 8 aromatic rings. The molecule has 0 amide bonds. The molecule has 2 fully saturated rings. The van der Waals surface area contributed by atoms with Crippen LogP contribution in [0.5, 0.6) is 0 Å². The van der Waals surface area contributed by atoms with Crippen molar-refractivity contribution >= 4 is 0 Å². The molecule has 56 heavy (non-hydrogen) atoms. The molecule has 2 saturated carbocycles. The fraction of sp³-hybridized carbons (Fsp3) is 0.151. The van der Waals surface area contributed by atoms with E-state index in [1.165, 1.54) is 81.3 Å². The minimum atomic E-state index is 0.666. The molecule has 4 aliphatic rings. The van der Waals surface area contributed by atoms with Crippen LogP contribution in [0.25, 0.3) is 89.8 Å². The third-order valence-corrected chi connectivity index (χ3v) is 13.3. The molecule has 3 nitrogen and oxygen atoms in total. The first-order valence-corrected chi connectivity index (χ1v) is 20.2. The Morgan fingerprint density at radius 2 is 0.768 bits per heavy atom. The van der Waals surface area contributed by atoms with Gasteiger partial charge < -0.3 is 0 Å². The van der Waals surface area contributed by atoms with Crippen LogP contribution in [0.2, 0.25) is 0 Å². The molecule has 4 atom stereocenters. The second-order valence-electron chi connectivity index (χ2n) is 16.4. The minimum absolute atomic E-state index is 0.666. The molecule has 0 N–H and O–H groups in total. The third-order valence-electron chi connectivity index (χ3n) is 13.3. The fourth-order valence-corrected chi connectivity index (χ4v) is 10.8. The second-order valence-corrected chi connectivity index (χ2v) is 16.4. The molecule has 1 aromatic heterocycles. The van der Waals surface area contributed by atoms with Crippen LogP contribution in [0.15, 0.2) is 164 Å². The lowest BCUT2D eigenvalue weighted by Crippen LogP contribution is -2.22. The average Bonchev–Trinajstić information content (AvgIpc) is 3.52. The number of rotatable bonds is 4. The average molecular weight is 718 g/mol. The standard InChI is InChI=1S/C53H39N3/c1-3-11-34(12-4-1)51-54-52(35-13-5-2-6-14-35)56-53(55-51)36-21-19-33(20-22-36)37-23-24-44-42-17-8-7-15-40(42)41-16-9-10-18-43(41)48-30-46-39-26-32-25-38(28-39)45(27-32)49(46)31-50(48)47(44)29-37/h1-24,29-32,38-39,45H,25-28H2. The molecule has 0 aliphatic heterocycles. The quantitative estimate of drug-likeness (QED) is 0.182. The smallest absolute Gasteiger partial charge is 0.164 e. The molecule has 12 rings (SSSR count). The molecule has 0 spiro atoms. The first-order chi connectivity index (χ1) is 27.7. The van der Waals surface area contributed by atoms with Crippen LogP contribution < -0.4 is 0 Å². The molecule has 4 unspecified atom stereocenters. The first kappa shape index (κ1) is 31.9. The molecular weight excluding hydrogens is 679 g/mol. The van der Waals surface area contributed by atoms with Crippen molar-refractivity contribution in [2.45, 2.75) is 37.5 Å². The Kier molecular flexibility index (Phi) is 7.14.